The van der Waals surface area contributed by atoms with E-state index in [0.29, 0.717) is 5.52 Å². The molecule has 0 radical (unpaired) electrons. The van der Waals surface area contributed by atoms with Gasteiger partial charge in [0.05, 0.1) is 11.1 Å². The summed E-state index contributed by atoms with van der Waals surface area (Å²) in [6.45, 7) is -0.130. The number of nitrogens with one attached hydrogen (secondary N) is 1. The molecule has 1 fully saturated rings. The third-order valence-electron chi connectivity index (χ3n) is 3.94. The summed E-state index contributed by atoms with van der Waals surface area (Å²) in [6.07, 6.45) is 4.15. The van der Waals surface area contributed by atoms with Crippen LogP contribution in [0.2, 0.25) is 0 Å². The van der Waals surface area contributed by atoms with Crippen LogP contribution in [-0.4, -0.2) is 27.6 Å². The quantitative estimate of drug-likeness (QED) is 0.888. The highest BCUT2D eigenvalue weighted by Crippen LogP contribution is 2.18. The smallest absolute Gasteiger partial charge is 0.420 e. The van der Waals surface area contributed by atoms with Gasteiger partial charge in [-0.05, 0) is 31.0 Å². The van der Waals surface area contributed by atoms with Crippen molar-refractivity contribution in [3.8, 4) is 0 Å². The number of fused-ring (bicyclic) bond motifs is 1. The van der Waals surface area contributed by atoms with Gasteiger partial charge in [-0.25, -0.2) is 9.59 Å². The number of rotatable bonds is 4. The molecule has 1 heterocycles. The van der Waals surface area contributed by atoms with Gasteiger partial charge in [0.25, 0.3) is 0 Å². The van der Waals surface area contributed by atoms with E-state index < -0.39 is 11.7 Å². The largest absolute Gasteiger partial charge is 0.478 e. The lowest BCUT2D eigenvalue weighted by molar-refractivity contribution is -0.122. The Morgan fingerprint density at radius 2 is 2.05 bits per heavy atom. The van der Waals surface area contributed by atoms with Crippen LogP contribution in [0.3, 0.4) is 0 Å². The van der Waals surface area contributed by atoms with Gasteiger partial charge in [0.2, 0.25) is 5.91 Å². The maximum absolute atomic E-state index is 12.0. The number of nitrogens with zero attached hydrogens (tertiary/aromatic N) is 1. The Bertz CT molecular complexity index is 783. The van der Waals surface area contributed by atoms with Crippen LogP contribution in [0.25, 0.3) is 11.1 Å². The summed E-state index contributed by atoms with van der Waals surface area (Å²) in [5.41, 5.74) is 0.610. The molecule has 7 nitrogen and oxygen atoms in total. The van der Waals surface area contributed by atoms with E-state index in [4.69, 9.17) is 9.52 Å². The molecular weight excluding hydrogens is 288 g/mol. The first-order valence-electron chi connectivity index (χ1n) is 7.20. The highest BCUT2D eigenvalue weighted by molar-refractivity contribution is 5.92. The van der Waals surface area contributed by atoms with Crippen LogP contribution in [0.15, 0.2) is 27.4 Å². The SMILES string of the molecule is O=C(Cn1c(=O)oc2cc(C(=O)O)ccc21)NC1CCCC1. The van der Waals surface area contributed by atoms with Crippen molar-refractivity contribution in [1.82, 2.24) is 9.88 Å². The molecule has 7 heteroatoms. The van der Waals surface area contributed by atoms with Crippen LogP contribution in [-0.2, 0) is 11.3 Å². The van der Waals surface area contributed by atoms with E-state index in [1.807, 2.05) is 0 Å². The zero-order chi connectivity index (χ0) is 15.7. The summed E-state index contributed by atoms with van der Waals surface area (Å²) < 4.78 is 6.24. The van der Waals surface area contributed by atoms with Gasteiger partial charge in [-0.3, -0.25) is 9.36 Å². The zero-order valence-electron chi connectivity index (χ0n) is 11.9. The number of carbonyl (C=O) groups excluding carboxylic acids is 1. The first-order chi connectivity index (χ1) is 10.5. The molecule has 116 valence electrons. The number of carboxylic acid groups (broad SMARTS) is 1. The molecule has 1 aliphatic carbocycles. The molecule has 0 unspecified atom stereocenters. The summed E-state index contributed by atoms with van der Waals surface area (Å²) in [7, 11) is 0. The number of benzene rings is 1. The molecule has 0 atom stereocenters. The fraction of sp³-hybridized carbons (Fsp3) is 0.400. The van der Waals surface area contributed by atoms with Crippen LogP contribution < -0.4 is 11.1 Å². The summed E-state index contributed by atoms with van der Waals surface area (Å²) in [5.74, 6) is -2.01. The molecule has 0 aliphatic heterocycles. The average molecular weight is 304 g/mol. The number of aromatic carboxylic acids is 1. The zero-order valence-corrected chi connectivity index (χ0v) is 11.9. The maximum atomic E-state index is 12.0. The number of hydrogen-bond acceptors (Lipinski definition) is 4. The van der Waals surface area contributed by atoms with Crippen LogP contribution >= 0.6 is 0 Å². The van der Waals surface area contributed by atoms with Crippen LogP contribution in [0, 0.1) is 0 Å². The molecule has 0 spiro atoms. The Balaban J connectivity index is 1.83. The van der Waals surface area contributed by atoms with E-state index >= 15 is 0 Å². The van der Waals surface area contributed by atoms with Crippen molar-refractivity contribution in [2.45, 2.75) is 38.3 Å². The Morgan fingerprint density at radius 1 is 1.32 bits per heavy atom. The first kappa shape index (κ1) is 14.4. The summed E-state index contributed by atoms with van der Waals surface area (Å²) in [6, 6.07) is 4.32. The van der Waals surface area contributed by atoms with Crippen molar-refractivity contribution in [3.05, 3.63) is 34.3 Å². The van der Waals surface area contributed by atoms with Gasteiger partial charge in [-0.1, -0.05) is 12.8 Å². The number of carbonyl (C=O) groups is 2. The fourth-order valence-electron chi connectivity index (χ4n) is 2.84. The third-order valence-corrected chi connectivity index (χ3v) is 3.94. The molecule has 1 saturated carbocycles. The van der Waals surface area contributed by atoms with Crippen molar-refractivity contribution in [2.75, 3.05) is 0 Å². The lowest BCUT2D eigenvalue weighted by Gasteiger charge is -2.11. The first-order valence-corrected chi connectivity index (χ1v) is 7.20. The normalized spacial score (nSPS) is 15.3. The van der Waals surface area contributed by atoms with Gasteiger partial charge in [0.15, 0.2) is 5.58 Å². The fourth-order valence-corrected chi connectivity index (χ4v) is 2.84. The molecule has 3 rings (SSSR count). The highest BCUT2D eigenvalue weighted by atomic mass is 16.4. The maximum Gasteiger partial charge on any atom is 0.420 e. The van der Waals surface area contributed by atoms with Gasteiger partial charge < -0.3 is 14.8 Å². The van der Waals surface area contributed by atoms with Gasteiger partial charge in [0, 0.05) is 6.04 Å². The number of oxazole rings is 1. The van der Waals surface area contributed by atoms with Crippen molar-refractivity contribution in [1.29, 1.82) is 0 Å². The van der Waals surface area contributed by atoms with Crippen molar-refractivity contribution < 1.29 is 19.1 Å². The molecule has 0 bridgehead atoms. The monoisotopic (exact) mass is 304 g/mol. The summed E-state index contributed by atoms with van der Waals surface area (Å²) in [4.78, 5) is 34.8. The highest BCUT2D eigenvalue weighted by Gasteiger charge is 2.19. The Morgan fingerprint density at radius 3 is 2.73 bits per heavy atom. The second kappa shape index (κ2) is 5.67. The van der Waals surface area contributed by atoms with Gasteiger partial charge in [0.1, 0.15) is 6.54 Å². The van der Waals surface area contributed by atoms with Crippen molar-refractivity contribution in [2.24, 2.45) is 0 Å². The number of hydrogen-bond donors (Lipinski definition) is 2. The minimum atomic E-state index is -1.10. The Kier molecular flexibility index (Phi) is 3.70. The molecule has 1 aromatic heterocycles. The second-order valence-corrected chi connectivity index (χ2v) is 5.49. The standard InChI is InChI=1S/C15H16N2O5/c18-13(16-10-3-1-2-4-10)8-17-11-6-5-9(14(19)20)7-12(11)22-15(17)21/h5-7,10H,1-4,8H2,(H,16,18)(H,19,20). The number of aromatic nitrogens is 1. The Labute approximate surface area is 125 Å². The average Bonchev–Trinajstić information content (AvgIpc) is 3.07. The predicted octanol–water partition coefficient (Wildman–Crippen LogP) is 1.35. The topological polar surface area (TPSA) is 102 Å². The lowest BCUT2D eigenvalue weighted by atomic mass is 10.2. The van der Waals surface area contributed by atoms with Crippen LogP contribution in [0.5, 0.6) is 0 Å². The van der Waals surface area contributed by atoms with E-state index in [1.165, 1.54) is 22.8 Å². The summed E-state index contributed by atoms with van der Waals surface area (Å²) >= 11 is 0. The Hall–Kier alpha value is -2.57. The van der Waals surface area contributed by atoms with Crippen LogP contribution in [0.1, 0.15) is 36.0 Å². The minimum Gasteiger partial charge on any atom is -0.478 e. The third kappa shape index (κ3) is 2.74. The van der Waals surface area contributed by atoms with E-state index in [-0.39, 0.29) is 29.6 Å². The minimum absolute atomic E-state index is 0.0313. The molecular formula is C15H16N2O5. The molecule has 2 N–H and O–H groups in total. The van der Waals surface area contributed by atoms with E-state index in [1.54, 1.807) is 0 Å². The molecule has 1 aliphatic rings. The van der Waals surface area contributed by atoms with Crippen LogP contribution in [0.4, 0.5) is 0 Å². The van der Waals surface area contributed by atoms with E-state index in [0.717, 1.165) is 25.7 Å². The predicted molar refractivity (Wildman–Crippen MR) is 77.8 cm³/mol. The molecule has 1 amide bonds. The van der Waals surface area contributed by atoms with E-state index in [9.17, 15) is 14.4 Å². The summed E-state index contributed by atoms with van der Waals surface area (Å²) in [5, 5.41) is 11.8. The van der Waals surface area contributed by atoms with Gasteiger partial charge in [-0.15, -0.1) is 0 Å². The second-order valence-electron chi connectivity index (χ2n) is 5.49. The lowest BCUT2D eigenvalue weighted by Crippen LogP contribution is -2.36. The van der Waals surface area contributed by atoms with Gasteiger partial charge >= 0.3 is 11.7 Å². The number of amides is 1. The van der Waals surface area contributed by atoms with Gasteiger partial charge in [-0.2, -0.15) is 0 Å². The molecule has 0 saturated heterocycles. The van der Waals surface area contributed by atoms with E-state index in [2.05, 4.69) is 5.32 Å². The van der Waals surface area contributed by atoms with Crippen molar-refractivity contribution in [3.63, 3.8) is 0 Å². The van der Waals surface area contributed by atoms with Crippen molar-refractivity contribution >= 4 is 23.0 Å². The molecule has 22 heavy (non-hydrogen) atoms. The molecule has 1 aromatic carbocycles. The number of carboxylic acids is 1. The molecule has 2 aromatic rings.